The Morgan fingerprint density at radius 3 is 2.00 bits per heavy atom. The average molecular weight is 342 g/mol. The maximum Gasteiger partial charge on any atom is 0.416 e. The molecule has 0 unspecified atom stereocenters. The Morgan fingerprint density at radius 1 is 1.12 bits per heavy atom. The number of Topliss-reactive ketones (excluding diaryl/α,β-unsaturated/α-hetero) is 1. The molecule has 0 atom stereocenters. The normalized spacial score (nSPS) is 11.2. The van der Waals surface area contributed by atoms with Crippen molar-refractivity contribution in [3.63, 3.8) is 0 Å². The van der Waals surface area contributed by atoms with Crippen LogP contribution in [0.25, 0.3) is 0 Å². The third kappa shape index (κ3) is 3.58. The molecule has 0 amide bonds. The molecule has 1 rings (SSSR count). The van der Waals surface area contributed by atoms with E-state index >= 15 is 0 Å². The fraction of sp³-hybridized carbons (Fsp3) is 0.200. The van der Waals surface area contributed by atoms with Gasteiger partial charge in [0.1, 0.15) is 0 Å². The Morgan fingerprint density at radius 2 is 1.62 bits per heavy atom. The molecule has 0 aromatic heterocycles. The molecule has 1 aromatic carbocycles. The van der Waals surface area contributed by atoms with Crippen LogP contribution in [0.2, 0.25) is 0 Å². The summed E-state index contributed by atoms with van der Waals surface area (Å²) in [5.74, 6) is -0.479. The van der Waals surface area contributed by atoms with Crippen molar-refractivity contribution in [2.45, 2.75) is 12.6 Å². The molecule has 0 saturated heterocycles. The minimum Gasteiger partial charge on any atom is -0.294 e. The Kier molecular flexibility index (Phi) is 4.06. The lowest BCUT2D eigenvalue weighted by atomic mass is 10.1. The standard InChI is InChI=1S/C10H6F3IO2/c11-10(12,13)7-3-1-6(2-4-7)8(15)5-9(14)16/h1-4H,5H2. The van der Waals surface area contributed by atoms with Gasteiger partial charge in [-0.25, -0.2) is 0 Å². The van der Waals surface area contributed by atoms with E-state index in [9.17, 15) is 22.8 Å². The first kappa shape index (κ1) is 13.1. The van der Waals surface area contributed by atoms with Crippen LogP contribution >= 0.6 is 22.6 Å². The van der Waals surface area contributed by atoms with Crippen LogP contribution in [0, 0.1) is 0 Å². The summed E-state index contributed by atoms with van der Waals surface area (Å²) in [6.45, 7) is 0. The number of halogens is 4. The van der Waals surface area contributed by atoms with E-state index in [2.05, 4.69) is 0 Å². The SMILES string of the molecule is O=C(I)CC(=O)c1ccc(C(F)(F)F)cc1. The van der Waals surface area contributed by atoms with Crippen molar-refractivity contribution in [2.75, 3.05) is 0 Å². The van der Waals surface area contributed by atoms with Crippen molar-refractivity contribution < 1.29 is 22.8 Å². The van der Waals surface area contributed by atoms with Gasteiger partial charge in [0.25, 0.3) is 0 Å². The second kappa shape index (κ2) is 4.94. The molecule has 0 spiro atoms. The molecule has 0 fully saturated rings. The molecular weight excluding hydrogens is 336 g/mol. The summed E-state index contributed by atoms with van der Waals surface area (Å²) >= 11 is 1.46. The zero-order valence-corrected chi connectivity index (χ0v) is 10.0. The van der Waals surface area contributed by atoms with Crippen molar-refractivity contribution in [3.8, 4) is 0 Å². The molecule has 0 aliphatic heterocycles. The van der Waals surface area contributed by atoms with Gasteiger partial charge in [0.2, 0.25) is 0 Å². The number of ketones is 1. The van der Waals surface area contributed by atoms with Gasteiger partial charge in [0, 0.05) is 28.2 Å². The average Bonchev–Trinajstić information content (AvgIpc) is 2.15. The van der Waals surface area contributed by atoms with E-state index in [1.807, 2.05) is 0 Å². The van der Waals surface area contributed by atoms with Crippen molar-refractivity contribution in [2.24, 2.45) is 0 Å². The van der Waals surface area contributed by atoms with E-state index in [-0.39, 0.29) is 15.8 Å². The zero-order chi connectivity index (χ0) is 12.3. The van der Waals surface area contributed by atoms with Crippen LogP contribution < -0.4 is 0 Å². The number of alkyl halides is 3. The molecule has 86 valence electrons. The molecule has 16 heavy (non-hydrogen) atoms. The van der Waals surface area contributed by atoms with E-state index in [0.29, 0.717) is 0 Å². The lowest BCUT2D eigenvalue weighted by Gasteiger charge is -2.06. The third-order valence-corrected chi connectivity index (χ3v) is 2.22. The minimum atomic E-state index is -4.42. The molecule has 0 heterocycles. The summed E-state index contributed by atoms with van der Waals surface area (Å²) in [4.78, 5) is 21.9. The lowest BCUT2D eigenvalue weighted by Crippen LogP contribution is -2.07. The van der Waals surface area contributed by atoms with Crippen LogP contribution in [0.4, 0.5) is 13.2 Å². The van der Waals surface area contributed by atoms with Gasteiger partial charge in [0.05, 0.1) is 12.0 Å². The molecule has 0 saturated carbocycles. The maximum atomic E-state index is 12.2. The second-order valence-corrected chi connectivity index (χ2v) is 4.23. The van der Waals surface area contributed by atoms with E-state index < -0.39 is 17.5 Å². The number of carbonyl (C=O) groups is 2. The summed E-state index contributed by atoms with van der Waals surface area (Å²) in [6, 6.07) is 3.80. The van der Waals surface area contributed by atoms with Gasteiger partial charge in [0.15, 0.2) is 9.57 Å². The zero-order valence-electron chi connectivity index (χ0n) is 7.84. The van der Waals surface area contributed by atoms with Gasteiger partial charge in [-0.05, 0) is 12.1 Å². The Bertz CT molecular complexity index is 409. The summed E-state index contributed by atoms with van der Waals surface area (Å²) in [5, 5.41) is 0. The molecular formula is C10H6F3IO2. The Balaban J connectivity index is 2.87. The van der Waals surface area contributed by atoms with E-state index in [1.54, 1.807) is 0 Å². The van der Waals surface area contributed by atoms with Crippen LogP contribution in [-0.4, -0.2) is 9.57 Å². The number of rotatable bonds is 3. The monoisotopic (exact) mass is 342 g/mol. The number of hydrogen-bond acceptors (Lipinski definition) is 2. The smallest absolute Gasteiger partial charge is 0.294 e. The van der Waals surface area contributed by atoms with Gasteiger partial charge in [-0.1, -0.05) is 12.1 Å². The molecule has 1 aromatic rings. The fourth-order valence-electron chi connectivity index (χ4n) is 1.07. The summed E-state index contributed by atoms with van der Waals surface area (Å²) in [7, 11) is 0. The van der Waals surface area contributed by atoms with Gasteiger partial charge in [-0.2, -0.15) is 13.2 Å². The Hall–Kier alpha value is -0.920. The molecule has 0 N–H and O–H groups in total. The minimum absolute atomic E-state index is 0.109. The van der Waals surface area contributed by atoms with Crippen LogP contribution in [0.5, 0.6) is 0 Å². The third-order valence-electron chi connectivity index (χ3n) is 1.83. The lowest BCUT2D eigenvalue weighted by molar-refractivity contribution is -0.137. The fourth-order valence-corrected chi connectivity index (χ4v) is 1.42. The number of carbonyl (C=O) groups excluding carboxylic acids is 2. The van der Waals surface area contributed by atoms with Crippen LogP contribution in [0.1, 0.15) is 22.3 Å². The first-order valence-corrected chi connectivity index (χ1v) is 5.27. The predicted molar refractivity (Wildman–Crippen MR) is 59.4 cm³/mol. The van der Waals surface area contributed by atoms with Crippen LogP contribution in [-0.2, 0) is 11.0 Å². The maximum absolute atomic E-state index is 12.2. The molecule has 0 bridgehead atoms. The molecule has 0 radical (unpaired) electrons. The largest absolute Gasteiger partial charge is 0.416 e. The quantitative estimate of drug-likeness (QED) is 0.366. The van der Waals surface area contributed by atoms with Crippen molar-refractivity contribution in [1.29, 1.82) is 0 Å². The summed E-state index contributed by atoms with van der Waals surface area (Å²) in [6.07, 6.45) is -4.72. The number of benzene rings is 1. The Labute approximate surface area is 103 Å². The van der Waals surface area contributed by atoms with Gasteiger partial charge in [-0.15, -0.1) is 0 Å². The highest BCUT2D eigenvalue weighted by Crippen LogP contribution is 2.29. The highest BCUT2D eigenvalue weighted by molar-refractivity contribution is 14.1. The van der Waals surface area contributed by atoms with Crippen molar-refractivity contribution >= 4 is 32.2 Å². The number of hydrogen-bond donors (Lipinski definition) is 0. The highest BCUT2D eigenvalue weighted by atomic mass is 127. The molecule has 2 nitrogen and oxygen atoms in total. The van der Waals surface area contributed by atoms with Gasteiger partial charge in [-0.3, -0.25) is 9.59 Å². The van der Waals surface area contributed by atoms with Gasteiger partial charge >= 0.3 is 6.18 Å². The van der Waals surface area contributed by atoms with Crippen molar-refractivity contribution in [1.82, 2.24) is 0 Å². The summed E-state index contributed by atoms with van der Waals surface area (Å²) < 4.78 is 36.2. The van der Waals surface area contributed by atoms with Crippen LogP contribution in [0.15, 0.2) is 24.3 Å². The van der Waals surface area contributed by atoms with Gasteiger partial charge < -0.3 is 0 Å². The molecule has 6 heteroatoms. The first-order valence-electron chi connectivity index (χ1n) is 4.19. The summed E-state index contributed by atoms with van der Waals surface area (Å²) in [5.41, 5.74) is -0.706. The molecule has 0 aliphatic carbocycles. The predicted octanol–water partition coefficient (Wildman–Crippen LogP) is 3.24. The second-order valence-electron chi connectivity index (χ2n) is 3.03. The van der Waals surface area contributed by atoms with Crippen molar-refractivity contribution in [3.05, 3.63) is 35.4 Å². The van der Waals surface area contributed by atoms with Crippen LogP contribution in [0.3, 0.4) is 0 Å². The topological polar surface area (TPSA) is 34.1 Å². The van der Waals surface area contributed by atoms with E-state index in [1.165, 1.54) is 22.6 Å². The highest BCUT2D eigenvalue weighted by Gasteiger charge is 2.30. The van der Waals surface area contributed by atoms with E-state index in [4.69, 9.17) is 0 Å². The molecule has 0 aliphatic rings. The first-order chi connectivity index (χ1) is 7.30. The van der Waals surface area contributed by atoms with E-state index in [0.717, 1.165) is 24.3 Å².